The Hall–Kier alpha value is -0.990. The molecule has 0 nitrogen and oxygen atoms in total. The summed E-state index contributed by atoms with van der Waals surface area (Å²) in [5.74, 6) is -2.40. The fraction of sp³-hybridized carbons (Fsp3) is 0.538. The van der Waals surface area contributed by atoms with Crippen LogP contribution in [0.1, 0.15) is 44.6 Å². The topological polar surface area (TPSA) is 0 Å². The van der Waals surface area contributed by atoms with E-state index in [9.17, 15) is 13.2 Å². The van der Waals surface area contributed by atoms with E-state index in [-0.39, 0.29) is 5.56 Å². The highest BCUT2D eigenvalue weighted by Gasteiger charge is 2.10. The summed E-state index contributed by atoms with van der Waals surface area (Å²) in [6.45, 7) is 2.11. The predicted octanol–water partition coefficient (Wildman–Crippen LogP) is 4.62. The minimum atomic E-state index is -0.857. The maximum absolute atomic E-state index is 13.2. The van der Waals surface area contributed by atoms with Gasteiger partial charge < -0.3 is 0 Å². The standard InChI is InChI=1S/C13H17F3/c1-2-3-4-5-6-7-11-12(15)8-10(14)9-13(11)16/h8-9H,2-7H2,1H3. The predicted molar refractivity (Wildman–Crippen MR) is 58.8 cm³/mol. The van der Waals surface area contributed by atoms with E-state index >= 15 is 0 Å². The highest BCUT2D eigenvalue weighted by atomic mass is 19.1. The van der Waals surface area contributed by atoms with Crippen LogP contribution in [0, 0.1) is 17.5 Å². The van der Waals surface area contributed by atoms with Crippen LogP contribution in [0.2, 0.25) is 0 Å². The Bertz CT molecular complexity index is 311. The quantitative estimate of drug-likeness (QED) is 0.626. The number of benzene rings is 1. The fourth-order valence-corrected chi connectivity index (χ4v) is 1.72. The van der Waals surface area contributed by atoms with E-state index in [1.54, 1.807) is 0 Å². The van der Waals surface area contributed by atoms with Crippen molar-refractivity contribution in [2.45, 2.75) is 45.4 Å². The van der Waals surface area contributed by atoms with Gasteiger partial charge in [-0.1, -0.05) is 32.6 Å². The Morgan fingerprint density at radius 2 is 1.44 bits per heavy atom. The molecule has 0 bridgehead atoms. The van der Waals surface area contributed by atoms with Gasteiger partial charge in [0.05, 0.1) is 0 Å². The lowest BCUT2D eigenvalue weighted by molar-refractivity contribution is 0.515. The van der Waals surface area contributed by atoms with Crippen molar-refractivity contribution in [2.75, 3.05) is 0 Å². The molecule has 0 aliphatic rings. The lowest BCUT2D eigenvalue weighted by Gasteiger charge is -2.05. The summed E-state index contributed by atoms with van der Waals surface area (Å²) in [5, 5.41) is 0. The molecule has 0 atom stereocenters. The fourth-order valence-electron chi connectivity index (χ4n) is 1.72. The molecular weight excluding hydrogens is 213 g/mol. The van der Waals surface area contributed by atoms with E-state index in [4.69, 9.17) is 0 Å². The highest BCUT2D eigenvalue weighted by molar-refractivity contribution is 5.20. The van der Waals surface area contributed by atoms with E-state index in [0.717, 1.165) is 44.2 Å². The number of halogens is 3. The maximum atomic E-state index is 13.2. The zero-order valence-electron chi connectivity index (χ0n) is 9.53. The van der Waals surface area contributed by atoms with Gasteiger partial charge >= 0.3 is 0 Å². The minimum absolute atomic E-state index is 0.0119. The average Bonchev–Trinajstić information content (AvgIpc) is 2.20. The third kappa shape index (κ3) is 3.87. The van der Waals surface area contributed by atoms with Gasteiger partial charge in [-0.05, 0) is 12.8 Å². The van der Waals surface area contributed by atoms with Crippen LogP contribution in [-0.2, 0) is 6.42 Å². The number of rotatable bonds is 6. The van der Waals surface area contributed by atoms with Gasteiger partial charge in [-0.25, -0.2) is 13.2 Å². The number of unbranched alkanes of at least 4 members (excludes halogenated alkanes) is 4. The van der Waals surface area contributed by atoms with Crippen molar-refractivity contribution in [3.05, 3.63) is 35.1 Å². The smallest absolute Gasteiger partial charge is 0.132 e. The van der Waals surface area contributed by atoms with Crippen LogP contribution in [0.4, 0.5) is 13.2 Å². The van der Waals surface area contributed by atoms with Crippen LogP contribution in [0.5, 0.6) is 0 Å². The van der Waals surface area contributed by atoms with Gasteiger partial charge in [0.15, 0.2) is 0 Å². The molecule has 0 aliphatic heterocycles. The van der Waals surface area contributed by atoms with Gasteiger partial charge in [-0.3, -0.25) is 0 Å². The molecule has 1 aromatic carbocycles. The Labute approximate surface area is 94.5 Å². The van der Waals surface area contributed by atoms with E-state index in [1.165, 1.54) is 0 Å². The van der Waals surface area contributed by atoms with E-state index in [1.807, 2.05) is 0 Å². The second-order valence-corrected chi connectivity index (χ2v) is 4.01. The Morgan fingerprint density at radius 3 is 2.00 bits per heavy atom. The Morgan fingerprint density at radius 1 is 0.875 bits per heavy atom. The Kier molecular flexibility index (Phi) is 5.36. The van der Waals surface area contributed by atoms with Crippen molar-refractivity contribution in [2.24, 2.45) is 0 Å². The summed E-state index contributed by atoms with van der Waals surface area (Å²) in [6, 6.07) is 1.48. The number of hydrogen-bond acceptors (Lipinski definition) is 0. The van der Waals surface area contributed by atoms with Crippen molar-refractivity contribution in [1.82, 2.24) is 0 Å². The van der Waals surface area contributed by atoms with Crippen LogP contribution in [-0.4, -0.2) is 0 Å². The minimum Gasteiger partial charge on any atom is -0.207 e. The van der Waals surface area contributed by atoms with Crippen molar-refractivity contribution in [1.29, 1.82) is 0 Å². The zero-order chi connectivity index (χ0) is 12.0. The molecule has 0 spiro atoms. The van der Waals surface area contributed by atoms with Crippen molar-refractivity contribution in [3.63, 3.8) is 0 Å². The van der Waals surface area contributed by atoms with Crippen LogP contribution < -0.4 is 0 Å². The molecule has 0 aromatic heterocycles. The molecule has 1 rings (SSSR count). The molecule has 0 saturated carbocycles. The average molecular weight is 230 g/mol. The van der Waals surface area contributed by atoms with Crippen molar-refractivity contribution in [3.8, 4) is 0 Å². The zero-order valence-corrected chi connectivity index (χ0v) is 9.53. The molecule has 0 heterocycles. The van der Waals surface area contributed by atoms with Gasteiger partial charge in [0.2, 0.25) is 0 Å². The van der Waals surface area contributed by atoms with Gasteiger partial charge in [0.1, 0.15) is 17.5 Å². The summed E-state index contributed by atoms with van der Waals surface area (Å²) in [5.41, 5.74) is 0.0119. The second kappa shape index (κ2) is 6.56. The van der Waals surface area contributed by atoms with Gasteiger partial charge in [-0.2, -0.15) is 0 Å². The molecule has 3 heteroatoms. The SMILES string of the molecule is CCCCCCCc1c(F)cc(F)cc1F. The summed E-state index contributed by atoms with van der Waals surface area (Å²) >= 11 is 0. The lowest BCUT2D eigenvalue weighted by atomic mass is 10.0. The highest BCUT2D eigenvalue weighted by Crippen LogP contribution is 2.17. The van der Waals surface area contributed by atoms with Gasteiger partial charge in [-0.15, -0.1) is 0 Å². The first-order valence-electron chi connectivity index (χ1n) is 5.78. The molecule has 0 amide bonds. The maximum Gasteiger partial charge on any atom is 0.132 e. The molecule has 0 saturated heterocycles. The van der Waals surface area contributed by atoms with Crippen molar-refractivity contribution >= 4 is 0 Å². The molecule has 90 valence electrons. The van der Waals surface area contributed by atoms with Crippen LogP contribution >= 0.6 is 0 Å². The summed E-state index contributed by atoms with van der Waals surface area (Å²) in [4.78, 5) is 0. The second-order valence-electron chi connectivity index (χ2n) is 4.01. The van der Waals surface area contributed by atoms with Crippen LogP contribution in [0.3, 0.4) is 0 Å². The van der Waals surface area contributed by atoms with Crippen molar-refractivity contribution < 1.29 is 13.2 Å². The first-order valence-corrected chi connectivity index (χ1v) is 5.78. The third-order valence-electron chi connectivity index (χ3n) is 2.64. The molecule has 1 aromatic rings. The van der Waals surface area contributed by atoms with E-state index in [2.05, 4.69) is 6.92 Å². The molecule has 0 aliphatic carbocycles. The van der Waals surface area contributed by atoms with E-state index < -0.39 is 17.5 Å². The largest absolute Gasteiger partial charge is 0.207 e. The normalized spacial score (nSPS) is 10.8. The van der Waals surface area contributed by atoms with E-state index in [0.29, 0.717) is 6.42 Å². The monoisotopic (exact) mass is 230 g/mol. The molecule has 0 radical (unpaired) electrons. The van der Waals surface area contributed by atoms with Gasteiger partial charge in [0.25, 0.3) is 0 Å². The Balaban J connectivity index is 2.47. The molecule has 16 heavy (non-hydrogen) atoms. The molecule has 0 unspecified atom stereocenters. The summed E-state index contributed by atoms with van der Waals surface area (Å²) in [6.07, 6.45) is 5.43. The first-order chi connectivity index (χ1) is 7.65. The molecular formula is C13H17F3. The lowest BCUT2D eigenvalue weighted by Crippen LogP contribution is -1.97. The van der Waals surface area contributed by atoms with Gasteiger partial charge in [0, 0.05) is 17.7 Å². The third-order valence-corrected chi connectivity index (χ3v) is 2.64. The molecule has 0 fully saturated rings. The summed E-state index contributed by atoms with van der Waals surface area (Å²) < 4.78 is 39.0. The first kappa shape index (κ1) is 13.1. The van der Waals surface area contributed by atoms with Crippen LogP contribution in [0.25, 0.3) is 0 Å². The molecule has 0 N–H and O–H groups in total. The number of hydrogen-bond donors (Lipinski definition) is 0. The summed E-state index contributed by atoms with van der Waals surface area (Å²) in [7, 11) is 0. The van der Waals surface area contributed by atoms with Crippen LogP contribution in [0.15, 0.2) is 12.1 Å².